The third-order valence-corrected chi connectivity index (χ3v) is 7.22. The lowest BCUT2D eigenvalue weighted by Crippen LogP contribution is -2.32. The molecule has 2 atom stereocenters. The van der Waals surface area contributed by atoms with Crippen molar-refractivity contribution >= 4 is 44.4 Å². The first-order chi connectivity index (χ1) is 18.5. The summed E-state index contributed by atoms with van der Waals surface area (Å²) >= 11 is 1.40. The molecule has 0 fully saturated rings. The van der Waals surface area contributed by atoms with Crippen molar-refractivity contribution in [2.75, 3.05) is 19.0 Å². The second-order valence-corrected chi connectivity index (χ2v) is 9.56. The number of urea groups is 1. The Morgan fingerprint density at radius 1 is 1.08 bits per heavy atom. The Labute approximate surface area is 223 Å². The lowest BCUT2D eigenvalue weighted by atomic mass is 9.92. The number of pyridine rings is 2. The van der Waals surface area contributed by atoms with Crippen LogP contribution in [0.1, 0.15) is 26.0 Å². The molecule has 10 nitrogen and oxygen atoms in total. The number of oxime groups is 1. The van der Waals surface area contributed by atoms with Gasteiger partial charge in [0.25, 0.3) is 0 Å². The maximum absolute atomic E-state index is 12.1. The van der Waals surface area contributed by atoms with Crippen molar-refractivity contribution in [3.63, 3.8) is 0 Å². The predicted octanol–water partition coefficient (Wildman–Crippen LogP) is 4.86. The predicted molar refractivity (Wildman–Crippen MR) is 146 cm³/mol. The molecule has 194 valence electrons. The molecule has 2 unspecified atom stereocenters. The second kappa shape index (κ2) is 10.9. The molecule has 2 amide bonds. The molecule has 3 aromatic heterocycles. The monoisotopic (exact) mass is 530 g/mol. The van der Waals surface area contributed by atoms with E-state index in [-0.39, 0.29) is 11.9 Å². The topological polar surface area (TPSA) is 128 Å². The molecule has 1 aliphatic rings. The highest BCUT2D eigenvalue weighted by atomic mass is 32.1. The molecule has 2 N–H and O–H groups in total. The molecule has 0 radical (unpaired) electrons. The number of nitrogens with one attached hydrogen (secondary N) is 2. The van der Waals surface area contributed by atoms with Gasteiger partial charge in [0.1, 0.15) is 5.71 Å². The quantitative estimate of drug-likeness (QED) is 0.327. The van der Waals surface area contributed by atoms with E-state index < -0.39 is 12.1 Å². The largest absolute Gasteiger partial charge is 0.466 e. The smallest absolute Gasteiger partial charge is 0.350 e. The van der Waals surface area contributed by atoms with Gasteiger partial charge in [-0.1, -0.05) is 35.5 Å². The summed E-state index contributed by atoms with van der Waals surface area (Å²) in [5.74, 6) is -0.689. The Morgan fingerprint density at radius 2 is 1.95 bits per heavy atom. The van der Waals surface area contributed by atoms with Crippen molar-refractivity contribution in [3.8, 4) is 22.4 Å². The highest BCUT2D eigenvalue weighted by Gasteiger charge is 2.40. The fraction of sp³-hybridized carbons (Fsp3) is 0.259. The molecule has 4 aromatic rings. The zero-order valence-corrected chi connectivity index (χ0v) is 21.9. The van der Waals surface area contributed by atoms with Crippen LogP contribution in [0.3, 0.4) is 0 Å². The van der Waals surface area contributed by atoms with Crippen LogP contribution in [-0.2, 0) is 14.4 Å². The van der Waals surface area contributed by atoms with Gasteiger partial charge in [-0.2, -0.15) is 0 Å². The van der Waals surface area contributed by atoms with Gasteiger partial charge in [0, 0.05) is 30.1 Å². The molecule has 4 heterocycles. The molecule has 0 spiro atoms. The Hall–Kier alpha value is -4.38. The van der Waals surface area contributed by atoms with Crippen LogP contribution >= 0.6 is 11.3 Å². The number of rotatable bonds is 7. The van der Waals surface area contributed by atoms with Crippen molar-refractivity contribution in [2.24, 2.45) is 11.1 Å². The van der Waals surface area contributed by atoms with Crippen molar-refractivity contribution in [1.29, 1.82) is 0 Å². The minimum atomic E-state index is -0.767. The number of methoxy groups -OCH3 is 1. The van der Waals surface area contributed by atoms with E-state index >= 15 is 0 Å². The zero-order valence-electron chi connectivity index (χ0n) is 21.1. The fourth-order valence-electron chi connectivity index (χ4n) is 4.35. The Balaban J connectivity index is 1.51. The van der Waals surface area contributed by atoms with Crippen molar-refractivity contribution in [2.45, 2.75) is 26.4 Å². The van der Waals surface area contributed by atoms with Gasteiger partial charge in [-0.15, -0.1) is 0 Å². The second-order valence-electron chi connectivity index (χ2n) is 8.56. The van der Waals surface area contributed by atoms with E-state index in [4.69, 9.17) is 9.57 Å². The Bertz CT molecular complexity index is 1500. The number of fused-ring (bicyclic) bond motifs is 1. The van der Waals surface area contributed by atoms with Crippen LogP contribution in [0.4, 0.5) is 9.93 Å². The fourth-order valence-corrected chi connectivity index (χ4v) is 5.31. The third kappa shape index (κ3) is 4.92. The van der Waals surface area contributed by atoms with Crippen LogP contribution in [0.2, 0.25) is 0 Å². The summed E-state index contributed by atoms with van der Waals surface area (Å²) in [6.07, 6.45) is 3.40. The number of hydrogen-bond donors (Lipinski definition) is 2. The van der Waals surface area contributed by atoms with Gasteiger partial charge >= 0.3 is 12.0 Å². The highest BCUT2D eigenvalue weighted by molar-refractivity contribution is 7.22. The van der Waals surface area contributed by atoms with Gasteiger partial charge in [0.15, 0.2) is 5.13 Å². The molecule has 11 heteroatoms. The normalized spacial score (nSPS) is 16.6. The molecule has 0 aliphatic carbocycles. The summed E-state index contributed by atoms with van der Waals surface area (Å²) in [7, 11) is 1.33. The maximum atomic E-state index is 12.1. The number of nitrogens with zero attached hydrogens (tertiary/aromatic N) is 4. The summed E-state index contributed by atoms with van der Waals surface area (Å²) in [6.45, 7) is 4.34. The lowest BCUT2D eigenvalue weighted by Gasteiger charge is -2.14. The standard InChI is InChI=1S/C27H26N6O4S/c1-4-17-22(33-37-23(17)25(34)36-3)20-10-9-15(14-30-20)16-12-18(19-8-6-7-11-29-19)24-21(13-16)31-27(38-24)32-26(35)28-5-2/h6-14,17,23H,4-5H2,1-3H3,(H2,28,31,32,35). The first kappa shape index (κ1) is 25.3. The molecule has 0 bridgehead atoms. The molecule has 0 saturated carbocycles. The zero-order chi connectivity index (χ0) is 26.6. The van der Waals surface area contributed by atoms with Crippen LogP contribution in [-0.4, -0.2) is 52.4 Å². The van der Waals surface area contributed by atoms with Gasteiger partial charge in [-0.3, -0.25) is 15.3 Å². The van der Waals surface area contributed by atoms with E-state index in [1.54, 1.807) is 12.4 Å². The molecular formula is C27H26N6O4S. The summed E-state index contributed by atoms with van der Waals surface area (Å²) in [5.41, 5.74) is 5.48. The first-order valence-corrected chi connectivity index (χ1v) is 13.0. The average molecular weight is 531 g/mol. The van der Waals surface area contributed by atoms with E-state index in [0.717, 1.165) is 32.6 Å². The number of thiazole rings is 1. The van der Waals surface area contributed by atoms with E-state index in [0.29, 0.717) is 29.5 Å². The molecule has 1 aromatic carbocycles. The van der Waals surface area contributed by atoms with Gasteiger partial charge < -0.3 is 14.9 Å². The Morgan fingerprint density at radius 3 is 2.63 bits per heavy atom. The van der Waals surface area contributed by atoms with Gasteiger partial charge in [0.2, 0.25) is 6.10 Å². The Kier molecular flexibility index (Phi) is 7.27. The van der Waals surface area contributed by atoms with Crippen LogP contribution in [0.15, 0.2) is 60.0 Å². The van der Waals surface area contributed by atoms with Crippen LogP contribution in [0.25, 0.3) is 32.6 Å². The van der Waals surface area contributed by atoms with E-state index in [2.05, 4.69) is 30.7 Å². The highest BCUT2D eigenvalue weighted by Crippen LogP contribution is 2.38. The number of esters is 1. The van der Waals surface area contributed by atoms with E-state index in [9.17, 15) is 9.59 Å². The minimum Gasteiger partial charge on any atom is -0.466 e. The number of amides is 2. The summed E-state index contributed by atoms with van der Waals surface area (Å²) in [5, 5.41) is 10.2. The molecule has 38 heavy (non-hydrogen) atoms. The van der Waals surface area contributed by atoms with Crippen molar-refractivity contribution in [1.82, 2.24) is 20.3 Å². The summed E-state index contributed by atoms with van der Waals surface area (Å²) < 4.78 is 5.77. The van der Waals surface area contributed by atoms with Crippen molar-refractivity contribution < 1.29 is 19.2 Å². The number of carbonyl (C=O) groups is 2. The number of ether oxygens (including phenoxy) is 1. The molecular weight excluding hydrogens is 504 g/mol. The first-order valence-electron chi connectivity index (χ1n) is 12.2. The number of aromatic nitrogens is 3. The lowest BCUT2D eigenvalue weighted by molar-refractivity contribution is -0.154. The number of carbonyl (C=O) groups excluding carboxylic acids is 2. The van der Waals surface area contributed by atoms with Crippen molar-refractivity contribution in [3.05, 3.63) is 60.6 Å². The van der Waals surface area contributed by atoms with Gasteiger partial charge in [0.05, 0.1) is 34.6 Å². The number of hydrogen-bond acceptors (Lipinski definition) is 9. The number of benzene rings is 1. The minimum absolute atomic E-state index is 0.237. The van der Waals surface area contributed by atoms with Gasteiger partial charge in [-0.25, -0.2) is 14.6 Å². The van der Waals surface area contributed by atoms with E-state index in [1.807, 2.05) is 56.3 Å². The van der Waals surface area contributed by atoms with Crippen LogP contribution < -0.4 is 10.6 Å². The SMILES string of the molecule is CCNC(=O)Nc1nc2cc(-c3ccc(C4=NOC(C(=O)OC)C4CC)nc3)cc(-c3ccccn3)c2s1. The van der Waals surface area contributed by atoms with Crippen LogP contribution in [0, 0.1) is 5.92 Å². The molecule has 0 saturated heterocycles. The third-order valence-electron chi connectivity index (χ3n) is 6.20. The molecule has 1 aliphatic heterocycles. The number of anilines is 1. The molecule has 5 rings (SSSR count). The van der Waals surface area contributed by atoms with E-state index in [1.165, 1.54) is 18.4 Å². The summed E-state index contributed by atoms with van der Waals surface area (Å²) in [6, 6.07) is 13.3. The summed E-state index contributed by atoms with van der Waals surface area (Å²) in [4.78, 5) is 43.4. The van der Waals surface area contributed by atoms with Crippen LogP contribution in [0.5, 0.6) is 0 Å². The van der Waals surface area contributed by atoms with Gasteiger partial charge in [-0.05, 0) is 49.2 Å². The average Bonchev–Trinajstić information content (AvgIpc) is 3.56. The maximum Gasteiger partial charge on any atom is 0.350 e.